The number of guanidine groups is 1. The summed E-state index contributed by atoms with van der Waals surface area (Å²) in [6.45, 7) is 13.0. The first-order valence-electron chi connectivity index (χ1n) is 11.2. The Kier molecular flexibility index (Phi) is 11.8. The molecule has 1 heterocycles. The summed E-state index contributed by atoms with van der Waals surface area (Å²) in [5.41, 5.74) is 2.62. The Hall–Kier alpha value is -1.67. The van der Waals surface area contributed by atoms with Crippen molar-refractivity contribution in [1.29, 1.82) is 0 Å². The molecule has 0 aliphatic carbocycles. The van der Waals surface area contributed by atoms with E-state index >= 15 is 0 Å². The number of hydrogen-bond acceptors (Lipinski definition) is 5. The zero-order valence-corrected chi connectivity index (χ0v) is 19.3. The molecule has 7 nitrogen and oxygen atoms in total. The molecule has 0 spiro atoms. The third-order valence-electron chi connectivity index (χ3n) is 5.35. The van der Waals surface area contributed by atoms with Gasteiger partial charge in [-0.3, -0.25) is 9.89 Å². The highest BCUT2D eigenvalue weighted by Crippen LogP contribution is 2.23. The third-order valence-corrected chi connectivity index (χ3v) is 5.35. The van der Waals surface area contributed by atoms with Gasteiger partial charge in [0.15, 0.2) is 5.96 Å². The molecule has 170 valence electrons. The monoisotopic (exact) mass is 419 g/mol. The number of rotatable bonds is 12. The summed E-state index contributed by atoms with van der Waals surface area (Å²) in [5, 5.41) is 6.87. The summed E-state index contributed by atoms with van der Waals surface area (Å²) in [6, 6.07) is 9.06. The minimum absolute atomic E-state index is 0.265. The van der Waals surface area contributed by atoms with Crippen molar-refractivity contribution in [3.05, 3.63) is 35.4 Å². The number of methoxy groups -OCH3 is 1. The quantitative estimate of drug-likeness (QED) is 0.307. The smallest absolute Gasteiger partial charge is 0.191 e. The molecule has 0 saturated carbocycles. The molecule has 0 radical (unpaired) electrons. The van der Waals surface area contributed by atoms with Crippen molar-refractivity contribution in [3.8, 4) is 0 Å². The maximum absolute atomic E-state index is 5.57. The number of morpholine rings is 1. The van der Waals surface area contributed by atoms with E-state index in [1.807, 2.05) is 0 Å². The van der Waals surface area contributed by atoms with Gasteiger partial charge in [0.25, 0.3) is 0 Å². The lowest BCUT2D eigenvalue weighted by molar-refractivity contribution is 0.0179. The standard InChI is InChI=1S/C23H41N5O2/c1-5-24-23(25-10-12-27(3)11-7-15-29-4)26-19-22(28-13-16-30-17-14-28)21-9-6-8-20(2)18-21/h6,8-9,18,22H,5,7,10-17,19H2,1-4H3,(H2,24,25,26). The summed E-state index contributed by atoms with van der Waals surface area (Å²) < 4.78 is 10.7. The van der Waals surface area contributed by atoms with E-state index in [1.165, 1.54) is 11.1 Å². The molecule has 0 bridgehead atoms. The molecule has 1 unspecified atom stereocenters. The maximum Gasteiger partial charge on any atom is 0.191 e. The topological polar surface area (TPSA) is 61.4 Å². The Balaban J connectivity index is 1.96. The van der Waals surface area contributed by atoms with Crippen molar-refractivity contribution in [1.82, 2.24) is 20.4 Å². The molecule has 1 aromatic carbocycles. The molecule has 2 rings (SSSR count). The summed E-state index contributed by atoms with van der Waals surface area (Å²) in [6.07, 6.45) is 1.05. The Morgan fingerprint density at radius 2 is 2.07 bits per heavy atom. The SMILES string of the molecule is CCNC(=NCC(c1cccc(C)c1)N1CCOCC1)NCCN(C)CCCOC. The van der Waals surface area contributed by atoms with E-state index < -0.39 is 0 Å². The molecule has 1 fully saturated rings. The molecule has 1 atom stereocenters. The van der Waals surface area contributed by atoms with Crippen molar-refractivity contribution in [2.24, 2.45) is 4.99 Å². The van der Waals surface area contributed by atoms with Crippen LogP contribution in [0.3, 0.4) is 0 Å². The fourth-order valence-electron chi connectivity index (χ4n) is 3.67. The predicted molar refractivity (Wildman–Crippen MR) is 124 cm³/mol. The van der Waals surface area contributed by atoms with Crippen molar-refractivity contribution in [3.63, 3.8) is 0 Å². The molecule has 1 aliphatic heterocycles. The number of nitrogens with one attached hydrogen (secondary N) is 2. The van der Waals surface area contributed by atoms with Crippen LogP contribution >= 0.6 is 0 Å². The first-order valence-corrected chi connectivity index (χ1v) is 11.2. The van der Waals surface area contributed by atoms with Crippen molar-refractivity contribution < 1.29 is 9.47 Å². The van der Waals surface area contributed by atoms with Crippen molar-refractivity contribution >= 4 is 5.96 Å². The predicted octanol–water partition coefficient (Wildman–Crippen LogP) is 1.89. The van der Waals surface area contributed by atoms with Gasteiger partial charge in [0.05, 0.1) is 25.8 Å². The van der Waals surface area contributed by atoms with Crippen LogP contribution in [0.15, 0.2) is 29.3 Å². The normalized spacial score (nSPS) is 16.6. The van der Waals surface area contributed by atoms with Crippen LogP contribution in [0.1, 0.15) is 30.5 Å². The van der Waals surface area contributed by atoms with Gasteiger partial charge < -0.3 is 25.0 Å². The lowest BCUT2D eigenvalue weighted by Crippen LogP contribution is -2.43. The first-order chi connectivity index (χ1) is 14.6. The highest BCUT2D eigenvalue weighted by atomic mass is 16.5. The zero-order chi connectivity index (χ0) is 21.6. The first kappa shape index (κ1) is 24.6. The summed E-state index contributed by atoms with van der Waals surface area (Å²) in [4.78, 5) is 9.75. The molecule has 0 aromatic heterocycles. The fraction of sp³-hybridized carbons (Fsp3) is 0.696. The van der Waals surface area contributed by atoms with Crippen LogP contribution in [-0.4, -0.2) is 95.6 Å². The highest BCUT2D eigenvalue weighted by molar-refractivity contribution is 5.79. The lowest BCUT2D eigenvalue weighted by atomic mass is 10.0. The van der Waals surface area contributed by atoms with Crippen LogP contribution in [0.2, 0.25) is 0 Å². The van der Waals surface area contributed by atoms with Crippen LogP contribution in [0.4, 0.5) is 0 Å². The number of aliphatic imine (C=N–C) groups is 1. The van der Waals surface area contributed by atoms with Crippen LogP contribution in [-0.2, 0) is 9.47 Å². The second kappa shape index (κ2) is 14.4. The Morgan fingerprint density at radius 3 is 2.77 bits per heavy atom. The van der Waals surface area contributed by atoms with E-state index in [4.69, 9.17) is 14.5 Å². The molecule has 1 aliphatic rings. The minimum Gasteiger partial charge on any atom is -0.385 e. The van der Waals surface area contributed by atoms with Gasteiger partial charge in [0.1, 0.15) is 0 Å². The van der Waals surface area contributed by atoms with Crippen LogP contribution in [0, 0.1) is 6.92 Å². The molecular formula is C23H41N5O2. The second-order valence-electron chi connectivity index (χ2n) is 7.87. The average Bonchev–Trinajstić information content (AvgIpc) is 2.75. The number of benzene rings is 1. The van der Waals surface area contributed by atoms with E-state index in [0.29, 0.717) is 0 Å². The third kappa shape index (κ3) is 9.00. The van der Waals surface area contributed by atoms with Gasteiger partial charge in [-0.25, -0.2) is 0 Å². The van der Waals surface area contributed by atoms with Gasteiger partial charge in [-0.1, -0.05) is 29.8 Å². The summed E-state index contributed by atoms with van der Waals surface area (Å²) in [5.74, 6) is 0.883. The molecular weight excluding hydrogens is 378 g/mol. The van der Waals surface area contributed by atoms with E-state index in [1.54, 1.807) is 7.11 Å². The number of likely N-dealkylation sites (N-methyl/N-ethyl adjacent to an activating group) is 1. The van der Waals surface area contributed by atoms with E-state index in [-0.39, 0.29) is 6.04 Å². The summed E-state index contributed by atoms with van der Waals surface area (Å²) >= 11 is 0. The van der Waals surface area contributed by atoms with Crippen LogP contribution in [0.5, 0.6) is 0 Å². The van der Waals surface area contributed by atoms with Gasteiger partial charge in [-0.2, -0.15) is 0 Å². The van der Waals surface area contributed by atoms with E-state index in [0.717, 1.165) is 78.0 Å². The number of ether oxygens (including phenoxy) is 2. The molecule has 30 heavy (non-hydrogen) atoms. The Labute approximate surface area is 182 Å². The maximum atomic E-state index is 5.57. The number of nitrogens with zero attached hydrogens (tertiary/aromatic N) is 3. The number of hydrogen-bond donors (Lipinski definition) is 2. The number of aryl methyl sites for hydroxylation is 1. The molecule has 2 N–H and O–H groups in total. The van der Waals surface area contributed by atoms with Gasteiger partial charge in [-0.15, -0.1) is 0 Å². The van der Waals surface area contributed by atoms with Gasteiger partial charge >= 0.3 is 0 Å². The molecule has 0 amide bonds. The molecule has 7 heteroatoms. The van der Waals surface area contributed by atoms with E-state index in [9.17, 15) is 0 Å². The lowest BCUT2D eigenvalue weighted by Gasteiger charge is -2.34. The van der Waals surface area contributed by atoms with Crippen molar-refractivity contribution in [2.45, 2.75) is 26.3 Å². The summed E-state index contributed by atoms with van der Waals surface area (Å²) in [7, 11) is 3.90. The van der Waals surface area contributed by atoms with E-state index in [2.05, 4.69) is 65.6 Å². The molecule has 1 aromatic rings. The zero-order valence-electron chi connectivity index (χ0n) is 19.3. The van der Waals surface area contributed by atoms with Crippen molar-refractivity contribution in [2.75, 3.05) is 79.8 Å². The second-order valence-corrected chi connectivity index (χ2v) is 7.87. The van der Waals surface area contributed by atoms with Gasteiger partial charge in [0, 0.05) is 53.0 Å². The largest absolute Gasteiger partial charge is 0.385 e. The van der Waals surface area contributed by atoms with Crippen LogP contribution < -0.4 is 10.6 Å². The molecule has 1 saturated heterocycles. The fourth-order valence-corrected chi connectivity index (χ4v) is 3.67. The Bertz CT molecular complexity index is 619. The average molecular weight is 420 g/mol. The van der Waals surface area contributed by atoms with Crippen LogP contribution in [0.25, 0.3) is 0 Å². The minimum atomic E-state index is 0.265. The Morgan fingerprint density at radius 1 is 1.27 bits per heavy atom. The van der Waals surface area contributed by atoms with Gasteiger partial charge in [-0.05, 0) is 32.9 Å². The van der Waals surface area contributed by atoms with Gasteiger partial charge in [0.2, 0.25) is 0 Å². The highest BCUT2D eigenvalue weighted by Gasteiger charge is 2.22.